The number of rotatable bonds is 5. The summed E-state index contributed by atoms with van der Waals surface area (Å²) in [6.45, 7) is 10.5. The summed E-state index contributed by atoms with van der Waals surface area (Å²) < 4.78 is 0. The summed E-state index contributed by atoms with van der Waals surface area (Å²) >= 11 is 0. The van der Waals surface area contributed by atoms with E-state index in [0.717, 1.165) is 6.42 Å². The van der Waals surface area contributed by atoms with Crippen LogP contribution in [-0.4, -0.2) is 0 Å². The van der Waals surface area contributed by atoms with E-state index in [4.69, 9.17) is 0 Å². The highest BCUT2D eigenvalue weighted by Crippen LogP contribution is 2.15. The van der Waals surface area contributed by atoms with E-state index in [2.05, 4.69) is 81.1 Å². The first-order chi connectivity index (χ1) is 11.7. The molecule has 0 fully saturated rings. The first-order valence-electron chi connectivity index (χ1n) is 9.29. The predicted octanol–water partition coefficient (Wildman–Crippen LogP) is 5.42. The van der Waals surface area contributed by atoms with Gasteiger partial charge in [0.2, 0.25) is 0 Å². The van der Waals surface area contributed by atoms with Crippen LogP contribution in [-0.2, 0) is 12.8 Å². The van der Waals surface area contributed by atoms with E-state index < -0.39 is 0 Å². The Labute approximate surface area is 148 Å². The van der Waals surface area contributed by atoms with Crippen LogP contribution in [0.5, 0.6) is 0 Å². The van der Waals surface area contributed by atoms with E-state index in [-0.39, 0.29) is 0 Å². The van der Waals surface area contributed by atoms with Crippen LogP contribution >= 0.6 is 0 Å². The molecular formula is C24H32. The van der Waals surface area contributed by atoms with E-state index in [1.54, 1.807) is 0 Å². The molecule has 2 aromatic carbocycles. The van der Waals surface area contributed by atoms with Crippen LogP contribution in [0.2, 0.25) is 0 Å². The lowest BCUT2D eigenvalue weighted by Gasteiger charge is -2.08. The lowest BCUT2D eigenvalue weighted by molar-refractivity contribution is 0.788. The average molecular weight is 321 g/mol. The Balaban J connectivity index is 0.00000139. The van der Waals surface area contributed by atoms with Crippen molar-refractivity contribution in [3.05, 3.63) is 75.7 Å². The number of benzene rings is 2. The van der Waals surface area contributed by atoms with Gasteiger partial charge in [0, 0.05) is 11.6 Å². The van der Waals surface area contributed by atoms with Crippen LogP contribution < -0.4 is 10.4 Å². The summed E-state index contributed by atoms with van der Waals surface area (Å²) in [6.07, 6.45) is 6.81. The number of unbranched alkanes of at least 4 members (excludes halogenated alkanes) is 1. The molecule has 0 heterocycles. The second-order valence-corrected chi connectivity index (χ2v) is 5.83. The van der Waals surface area contributed by atoms with Crippen molar-refractivity contribution in [2.75, 3.05) is 0 Å². The molecule has 0 saturated carbocycles. The Bertz CT molecular complexity index is 759. The van der Waals surface area contributed by atoms with Gasteiger partial charge in [-0.25, -0.2) is 0 Å². The number of hydrogen-bond donors (Lipinski definition) is 0. The van der Waals surface area contributed by atoms with Crippen molar-refractivity contribution in [3.63, 3.8) is 0 Å². The van der Waals surface area contributed by atoms with Gasteiger partial charge >= 0.3 is 0 Å². The van der Waals surface area contributed by atoms with Crippen molar-refractivity contribution in [2.45, 2.75) is 60.3 Å². The topological polar surface area (TPSA) is 0 Å². The van der Waals surface area contributed by atoms with Crippen LogP contribution in [0.4, 0.5) is 0 Å². The Hall–Kier alpha value is -2.04. The molecule has 0 amide bonds. The Morgan fingerprint density at radius 1 is 0.958 bits per heavy atom. The second-order valence-electron chi connectivity index (χ2n) is 5.83. The molecule has 0 spiro atoms. The molecule has 0 nitrogen and oxygen atoms in total. The maximum atomic E-state index is 3.58. The van der Waals surface area contributed by atoms with E-state index >= 15 is 0 Å². The molecule has 0 N–H and O–H groups in total. The third-order valence-corrected chi connectivity index (χ3v) is 3.99. The zero-order valence-electron chi connectivity index (χ0n) is 16.0. The minimum Gasteiger partial charge on any atom is -0.113 e. The number of allylic oxidation sites excluding steroid dienone is 1. The van der Waals surface area contributed by atoms with E-state index in [1.165, 1.54) is 46.4 Å². The van der Waals surface area contributed by atoms with Gasteiger partial charge in [-0.1, -0.05) is 75.7 Å². The molecule has 0 atom stereocenters. The molecule has 0 aliphatic carbocycles. The van der Waals surface area contributed by atoms with E-state index in [0.29, 0.717) is 0 Å². The Morgan fingerprint density at radius 2 is 1.58 bits per heavy atom. The minimum atomic E-state index is 0.984. The van der Waals surface area contributed by atoms with Crippen LogP contribution in [0.3, 0.4) is 0 Å². The van der Waals surface area contributed by atoms with Crippen LogP contribution in [0.1, 0.15) is 58.6 Å². The largest absolute Gasteiger partial charge is 0.113 e. The summed E-state index contributed by atoms with van der Waals surface area (Å²) in [5.74, 6) is 0. The lowest BCUT2D eigenvalue weighted by atomic mass is 9.97. The quantitative estimate of drug-likeness (QED) is 0.689. The molecule has 0 bridgehead atoms. The van der Waals surface area contributed by atoms with Crippen molar-refractivity contribution in [3.8, 4) is 0 Å². The van der Waals surface area contributed by atoms with Gasteiger partial charge < -0.3 is 0 Å². The smallest absolute Gasteiger partial charge is 0.0233 e. The summed E-state index contributed by atoms with van der Waals surface area (Å²) in [7, 11) is 0. The van der Waals surface area contributed by atoms with Crippen molar-refractivity contribution in [1.29, 1.82) is 0 Å². The molecule has 128 valence electrons. The highest BCUT2D eigenvalue weighted by Gasteiger charge is 2.02. The Kier molecular flexibility index (Phi) is 9.58. The standard InChI is InChI=1S/C22H26.C2H6/c1-4-6-11-20-13-8-10-15-22(20)17-18(3)16-21-14-9-7-12-19(21)5-2;1-2/h5,7-10,12-15H,4,6,11,17H2,1-3H3;1-2H3/b19-5-;. The SMILES string of the molecule is C/C=c1/ccccc1=C=C(C)Cc1ccccc1CCCC.CC. The highest BCUT2D eigenvalue weighted by atomic mass is 14.1. The van der Waals surface area contributed by atoms with Crippen LogP contribution in [0, 0.1) is 0 Å². The van der Waals surface area contributed by atoms with Crippen LogP contribution in [0.25, 0.3) is 11.8 Å². The van der Waals surface area contributed by atoms with Gasteiger partial charge in [-0.15, -0.1) is 5.73 Å². The maximum Gasteiger partial charge on any atom is 0.0233 e. The fraction of sp³-hybridized carbons (Fsp3) is 0.375. The Morgan fingerprint density at radius 3 is 2.25 bits per heavy atom. The highest BCUT2D eigenvalue weighted by molar-refractivity contribution is 5.37. The molecule has 0 saturated heterocycles. The van der Waals surface area contributed by atoms with Gasteiger partial charge in [-0.2, -0.15) is 0 Å². The minimum absolute atomic E-state index is 0.984. The molecule has 0 aliphatic heterocycles. The lowest BCUT2D eigenvalue weighted by Crippen LogP contribution is -2.22. The maximum absolute atomic E-state index is 3.58. The van der Waals surface area contributed by atoms with Crippen molar-refractivity contribution >= 4 is 11.8 Å². The van der Waals surface area contributed by atoms with Crippen molar-refractivity contribution < 1.29 is 0 Å². The van der Waals surface area contributed by atoms with Crippen LogP contribution in [0.15, 0.2) is 54.1 Å². The number of hydrogen-bond acceptors (Lipinski definition) is 0. The zero-order valence-corrected chi connectivity index (χ0v) is 16.0. The van der Waals surface area contributed by atoms with Gasteiger partial charge in [-0.05, 0) is 54.7 Å². The van der Waals surface area contributed by atoms with Gasteiger partial charge in [0.15, 0.2) is 0 Å². The predicted molar refractivity (Wildman–Crippen MR) is 109 cm³/mol. The molecule has 2 rings (SSSR count). The molecule has 0 unspecified atom stereocenters. The molecule has 24 heavy (non-hydrogen) atoms. The van der Waals surface area contributed by atoms with Gasteiger partial charge in [0.25, 0.3) is 0 Å². The molecular weight excluding hydrogens is 288 g/mol. The molecule has 0 heteroatoms. The summed E-state index contributed by atoms with van der Waals surface area (Å²) in [4.78, 5) is 0. The first-order valence-corrected chi connectivity index (χ1v) is 9.29. The van der Waals surface area contributed by atoms with Crippen molar-refractivity contribution in [2.24, 2.45) is 0 Å². The second kappa shape index (κ2) is 11.5. The molecule has 0 aliphatic rings. The fourth-order valence-corrected chi connectivity index (χ4v) is 2.76. The average Bonchev–Trinajstić information content (AvgIpc) is 2.63. The van der Waals surface area contributed by atoms with Crippen molar-refractivity contribution in [1.82, 2.24) is 0 Å². The summed E-state index contributed by atoms with van der Waals surface area (Å²) in [5, 5.41) is 2.44. The van der Waals surface area contributed by atoms with E-state index in [9.17, 15) is 0 Å². The normalized spacial score (nSPS) is 10.6. The van der Waals surface area contributed by atoms with Gasteiger partial charge in [-0.3, -0.25) is 0 Å². The molecule has 0 radical (unpaired) electrons. The molecule has 2 aromatic rings. The van der Waals surface area contributed by atoms with E-state index in [1.807, 2.05) is 13.8 Å². The summed E-state index contributed by atoms with van der Waals surface area (Å²) in [6, 6.07) is 17.3. The molecule has 0 aromatic heterocycles. The summed E-state index contributed by atoms with van der Waals surface area (Å²) in [5.41, 5.74) is 7.80. The monoisotopic (exact) mass is 320 g/mol. The van der Waals surface area contributed by atoms with Gasteiger partial charge in [0.1, 0.15) is 0 Å². The third-order valence-electron chi connectivity index (χ3n) is 3.99. The first kappa shape index (κ1) is 20.0. The zero-order chi connectivity index (χ0) is 17.8. The van der Waals surface area contributed by atoms with Gasteiger partial charge in [0.05, 0.1) is 0 Å². The number of aryl methyl sites for hydroxylation is 1. The third kappa shape index (κ3) is 6.22. The fourth-order valence-electron chi connectivity index (χ4n) is 2.76.